The van der Waals surface area contributed by atoms with Gasteiger partial charge in [-0.25, -0.2) is 4.98 Å². The van der Waals surface area contributed by atoms with Crippen molar-refractivity contribution < 1.29 is 9.53 Å². The lowest BCUT2D eigenvalue weighted by molar-refractivity contribution is -0.117. The number of halogens is 6. The van der Waals surface area contributed by atoms with E-state index >= 15 is 0 Å². The van der Waals surface area contributed by atoms with Crippen LogP contribution in [0.15, 0.2) is 23.4 Å². The van der Waals surface area contributed by atoms with Gasteiger partial charge in [0.1, 0.15) is 10.8 Å². The van der Waals surface area contributed by atoms with E-state index < -0.39 is 13.6 Å². The molecule has 1 aromatic heterocycles. The highest BCUT2D eigenvalue weighted by Gasteiger charge is 2.33. The normalized spacial score (nSPS) is 16.6. The second-order valence-corrected chi connectivity index (χ2v) is 11.7. The Morgan fingerprint density at radius 1 is 1.22 bits per heavy atom. The largest absolute Gasteiger partial charge is 0.501 e. The molecule has 11 heteroatoms. The topological polar surface area (TPSA) is 51.2 Å². The Morgan fingerprint density at radius 3 is 2.26 bits per heavy atom. The molecule has 0 spiro atoms. The van der Waals surface area contributed by atoms with Crippen LogP contribution < -0.4 is 5.32 Å². The Hall–Kier alpha value is 0.380. The molecule has 1 aromatic rings. The minimum absolute atomic E-state index is 0.285. The van der Waals surface area contributed by atoms with Gasteiger partial charge in [-0.15, -0.1) is 11.3 Å². The number of nitrogens with zero attached hydrogens (tertiary/aromatic N) is 1. The monoisotopic (exact) mass is 514 g/mol. The predicted octanol–water partition coefficient (Wildman–Crippen LogP) is 6.62. The fraction of sp³-hybridized carbons (Fsp3) is 0.625. The molecule has 4 nitrogen and oxygen atoms in total. The second kappa shape index (κ2) is 11.0. The van der Waals surface area contributed by atoms with Crippen LogP contribution in [0.4, 0.5) is 0 Å². The number of methoxy groups -OCH3 is 1. The highest BCUT2D eigenvalue weighted by atomic mass is 35.6. The van der Waals surface area contributed by atoms with Crippen molar-refractivity contribution in [1.82, 2.24) is 10.3 Å². The van der Waals surface area contributed by atoms with Crippen LogP contribution in [0.25, 0.3) is 0 Å². The molecule has 0 unspecified atom stereocenters. The number of ether oxygens (including phenoxy) is 1. The van der Waals surface area contributed by atoms with Gasteiger partial charge >= 0.3 is 0 Å². The molecular weight excluding hydrogens is 497 g/mol. The van der Waals surface area contributed by atoms with Gasteiger partial charge in [0.2, 0.25) is 5.91 Å². The summed E-state index contributed by atoms with van der Waals surface area (Å²) in [5, 5.41) is 5.40. The summed E-state index contributed by atoms with van der Waals surface area (Å²) in [6.07, 6.45) is 3.66. The van der Waals surface area contributed by atoms with E-state index in [2.05, 4.69) is 10.3 Å². The third-order valence-corrected chi connectivity index (χ3v) is 6.96. The molecule has 1 N–H and O–H groups in total. The SMILES string of the molecule is COC(=CC(=O)N[C@@H](C[C@H](C)C(Cl)(Cl)Cl)c1nccs1)C[C@H](C)C(Cl)(Cl)Cl. The van der Waals surface area contributed by atoms with E-state index in [0.717, 1.165) is 0 Å². The molecule has 1 heterocycles. The van der Waals surface area contributed by atoms with E-state index in [9.17, 15) is 4.79 Å². The van der Waals surface area contributed by atoms with Crippen LogP contribution in [0.2, 0.25) is 0 Å². The smallest absolute Gasteiger partial charge is 0.247 e. The maximum Gasteiger partial charge on any atom is 0.247 e. The highest BCUT2D eigenvalue weighted by Crippen LogP contribution is 2.40. The van der Waals surface area contributed by atoms with E-state index in [0.29, 0.717) is 17.2 Å². The number of hydrogen-bond donors (Lipinski definition) is 1. The summed E-state index contributed by atoms with van der Waals surface area (Å²) in [4.78, 5) is 16.7. The van der Waals surface area contributed by atoms with Crippen molar-refractivity contribution in [2.45, 2.75) is 40.3 Å². The van der Waals surface area contributed by atoms with Crippen molar-refractivity contribution in [3.63, 3.8) is 0 Å². The zero-order valence-electron chi connectivity index (χ0n) is 14.8. The van der Waals surface area contributed by atoms with Gasteiger partial charge in [0.25, 0.3) is 0 Å². The Bertz CT molecular complexity index is 628. The van der Waals surface area contributed by atoms with Crippen LogP contribution >= 0.6 is 80.9 Å². The summed E-state index contributed by atoms with van der Waals surface area (Å²) in [6.45, 7) is 3.54. The summed E-state index contributed by atoms with van der Waals surface area (Å²) < 4.78 is 2.33. The number of thiazole rings is 1. The summed E-state index contributed by atoms with van der Waals surface area (Å²) in [5.74, 6) is -0.647. The molecule has 0 aromatic carbocycles. The molecule has 0 fully saturated rings. The van der Waals surface area contributed by atoms with Crippen molar-refractivity contribution in [3.8, 4) is 0 Å². The fourth-order valence-electron chi connectivity index (χ4n) is 2.09. The zero-order chi connectivity index (χ0) is 20.8. The summed E-state index contributed by atoms with van der Waals surface area (Å²) in [7, 11) is 1.45. The van der Waals surface area contributed by atoms with E-state index in [-0.39, 0.29) is 24.2 Å². The number of nitrogens with one attached hydrogen (secondary N) is 1. The third-order valence-electron chi connectivity index (χ3n) is 3.83. The van der Waals surface area contributed by atoms with Crippen molar-refractivity contribution in [1.29, 1.82) is 0 Å². The van der Waals surface area contributed by atoms with Gasteiger partial charge < -0.3 is 10.1 Å². The standard InChI is InChI=1S/C16H20Cl6N2O2S/c1-9(15(17,18)19)6-11(26-3)8-13(25)24-12(14-23-4-5-27-14)7-10(2)16(20,21)22/h4-5,8-10,12H,6-7H2,1-3H3,(H,24,25)/t9-,10-,12-/m0/s1. The first-order valence-corrected chi connectivity index (χ1v) is 11.1. The number of rotatable bonds is 8. The van der Waals surface area contributed by atoms with Gasteiger partial charge in [-0.2, -0.15) is 0 Å². The fourth-order valence-corrected chi connectivity index (χ4v) is 3.29. The lowest BCUT2D eigenvalue weighted by Gasteiger charge is -2.25. The Kier molecular flexibility index (Phi) is 10.3. The molecular formula is C16H20Cl6N2O2S. The Labute approximate surface area is 193 Å². The van der Waals surface area contributed by atoms with Crippen LogP contribution in [-0.2, 0) is 9.53 Å². The number of alkyl halides is 6. The van der Waals surface area contributed by atoms with Crippen molar-refractivity contribution in [2.75, 3.05) is 7.11 Å². The van der Waals surface area contributed by atoms with E-state index in [4.69, 9.17) is 74.3 Å². The maximum atomic E-state index is 12.5. The number of allylic oxidation sites excluding steroid dienone is 1. The van der Waals surface area contributed by atoms with Gasteiger partial charge in [-0.3, -0.25) is 4.79 Å². The maximum absolute atomic E-state index is 12.5. The molecule has 0 aliphatic rings. The van der Waals surface area contributed by atoms with Crippen LogP contribution in [0.3, 0.4) is 0 Å². The average Bonchev–Trinajstić information content (AvgIpc) is 3.05. The molecule has 1 rings (SSSR count). The Balaban J connectivity index is 2.89. The van der Waals surface area contributed by atoms with Crippen molar-refractivity contribution in [3.05, 3.63) is 28.4 Å². The molecule has 0 aliphatic carbocycles. The quantitative estimate of drug-likeness (QED) is 0.240. The van der Waals surface area contributed by atoms with Gasteiger partial charge in [-0.05, 0) is 6.42 Å². The first kappa shape index (κ1) is 25.4. The molecule has 0 aliphatic heterocycles. The Morgan fingerprint density at radius 2 is 1.81 bits per heavy atom. The number of carbonyl (C=O) groups excluding carboxylic acids is 1. The van der Waals surface area contributed by atoms with E-state index in [1.54, 1.807) is 20.0 Å². The summed E-state index contributed by atoms with van der Waals surface area (Å²) >= 11 is 36.9. The molecule has 0 radical (unpaired) electrons. The van der Waals surface area contributed by atoms with E-state index in [1.807, 2.05) is 5.38 Å². The number of aromatic nitrogens is 1. The highest BCUT2D eigenvalue weighted by molar-refractivity contribution is 7.09. The number of amides is 1. The van der Waals surface area contributed by atoms with Crippen molar-refractivity contribution in [2.24, 2.45) is 11.8 Å². The number of carbonyl (C=O) groups is 1. The first-order valence-electron chi connectivity index (χ1n) is 7.92. The molecule has 154 valence electrons. The second-order valence-electron chi connectivity index (χ2n) is 6.07. The predicted molar refractivity (Wildman–Crippen MR) is 116 cm³/mol. The first-order chi connectivity index (χ1) is 12.3. The molecule has 27 heavy (non-hydrogen) atoms. The summed E-state index contributed by atoms with van der Waals surface area (Å²) in [5.41, 5.74) is 0. The molecule has 3 atom stereocenters. The molecule has 0 bridgehead atoms. The van der Waals surface area contributed by atoms with Crippen molar-refractivity contribution >= 4 is 86.8 Å². The zero-order valence-corrected chi connectivity index (χ0v) is 20.2. The van der Waals surface area contributed by atoms with Gasteiger partial charge in [-0.1, -0.05) is 83.5 Å². The van der Waals surface area contributed by atoms with Gasteiger partial charge in [0.15, 0.2) is 7.59 Å². The average molecular weight is 517 g/mol. The van der Waals surface area contributed by atoms with Crippen LogP contribution in [0.1, 0.15) is 37.7 Å². The lowest BCUT2D eigenvalue weighted by Crippen LogP contribution is -2.31. The lowest BCUT2D eigenvalue weighted by atomic mass is 10.0. The minimum atomic E-state index is -1.46. The van der Waals surface area contributed by atoms with E-state index in [1.165, 1.54) is 24.5 Å². The molecule has 1 amide bonds. The van der Waals surface area contributed by atoms with Crippen LogP contribution in [-0.4, -0.2) is 25.6 Å². The summed E-state index contributed by atoms with van der Waals surface area (Å²) in [6, 6.07) is -0.414. The minimum Gasteiger partial charge on any atom is -0.501 e. The van der Waals surface area contributed by atoms with Crippen LogP contribution in [0, 0.1) is 11.8 Å². The van der Waals surface area contributed by atoms with Gasteiger partial charge in [0, 0.05) is 35.9 Å². The number of hydrogen-bond acceptors (Lipinski definition) is 4. The third kappa shape index (κ3) is 9.16. The molecule has 0 saturated carbocycles. The molecule has 0 saturated heterocycles. The van der Waals surface area contributed by atoms with Crippen LogP contribution in [0.5, 0.6) is 0 Å². The van der Waals surface area contributed by atoms with Gasteiger partial charge in [0.05, 0.1) is 13.2 Å².